The van der Waals surface area contributed by atoms with E-state index in [1.54, 1.807) is 12.1 Å². The summed E-state index contributed by atoms with van der Waals surface area (Å²) in [5.74, 6) is -0.872. The first-order valence-corrected chi connectivity index (χ1v) is 10.5. The van der Waals surface area contributed by atoms with Crippen LogP contribution in [-0.2, 0) is 0 Å². The van der Waals surface area contributed by atoms with E-state index >= 15 is 0 Å². The molecule has 10 heteroatoms. The minimum atomic E-state index is -4.11. The smallest absolute Gasteiger partial charge is 0.381 e. The molecule has 32 heavy (non-hydrogen) atoms. The molecule has 3 rings (SSSR count). The van der Waals surface area contributed by atoms with Crippen LogP contribution in [0.15, 0.2) is 47.8 Å². The zero-order valence-corrected chi connectivity index (χ0v) is 18.2. The van der Waals surface area contributed by atoms with E-state index in [1.807, 2.05) is 54.2 Å². The molecule has 0 bridgehead atoms. The Kier molecular flexibility index (Phi) is 7.79. The number of halogens is 3. The van der Waals surface area contributed by atoms with Gasteiger partial charge in [0.25, 0.3) is 0 Å². The Hall–Kier alpha value is -3.01. The summed E-state index contributed by atoms with van der Waals surface area (Å²) in [6.45, 7) is 2.25. The van der Waals surface area contributed by atoms with Crippen molar-refractivity contribution in [1.82, 2.24) is 4.90 Å². The van der Waals surface area contributed by atoms with Gasteiger partial charge in [-0.2, -0.15) is 13.2 Å². The van der Waals surface area contributed by atoms with Crippen LogP contribution in [0.3, 0.4) is 0 Å². The Morgan fingerprint density at radius 1 is 1.09 bits per heavy atom. The van der Waals surface area contributed by atoms with Crippen LogP contribution < -0.4 is 20.4 Å². The summed E-state index contributed by atoms with van der Waals surface area (Å²) in [5, 5.41) is 9.03. The highest BCUT2D eigenvalue weighted by Gasteiger charge is 2.41. The van der Waals surface area contributed by atoms with E-state index in [2.05, 4.69) is 16.0 Å². The highest BCUT2D eigenvalue weighted by Crippen LogP contribution is 2.36. The van der Waals surface area contributed by atoms with Gasteiger partial charge >= 0.3 is 6.18 Å². The number of rotatable bonds is 9. The molecule has 2 aromatic carbocycles. The summed E-state index contributed by atoms with van der Waals surface area (Å²) in [7, 11) is 3.93. The van der Waals surface area contributed by atoms with Gasteiger partial charge in [0, 0.05) is 43.2 Å². The molecule has 0 aliphatic carbocycles. The highest BCUT2D eigenvalue weighted by atomic mass is 19.4. The van der Waals surface area contributed by atoms with Crippen molar-refractivity contribution in [1.29, 1.82) is 0 Å². The van der Waals surface area contributed by atoms with E-state index in [0.717, 1.165) is 23.6 Å². The van der Waals surface area contributed by atoms with Crippen LogP contribution in [0, 0.1) is 10.8 Å². The maximum Gasteiger partial charge on any atom is 0.391 e. The maximum absolute atomic E-state index is 12.9. The van der Waals surface area contributed by atoms with E-state index in [9.17, 15) is 18.1 Å². The number of nitrogens with zero attached hydrogens (tertiary/aromatic N) is 3. The van der Waals surface area contributed by atoms with Gasteiger partial charge in [-0.15, -0.1) is 4.91 Å². The van der Waals surface area contributed by atoms with Crippen LogP contribution in [0.5, 0.6) is 5.75 Å². The monoisotopic (exact) mass is 451 g/mol. The molecule has 1 heterocycles. The van der Waals surface area contributed by atoms with Crippen molar-refractivity contribution in [3.63, 3.8) is 0 Å². The molecule has 0 atom stereocenters. The Bertz CT molecular complexity index is 882. The zero-order chi connectivity index (χ0) is 23.1. The minimum absolute atomic E-state index is 0.122. The summed E-state index contributed by atoms with van der Waals surface area (Å²) < 4.78 is 38.6. The van der Waals surface area contributed by atoms with Crippen LogP contribution in [0.25, 0.3) is 0 Å². The molecule has 1 saturated heterocycles. The molecule has 174 valence electrons. The summed E-state index contributed by atoms with van der Waals surface area (Å²) in [5.41, 5.74) is 3.17. The third kappa shape index (κ3) is 6.49. The fourth-order valence-corrected chi connectivity index (χ4v) is 3.67. The molecule has 7 nitrogen and oxygen atoms in total. The lowest BCUT2D eigenvalue weighted by molar-refractivity contribution is -0.179. The number of hydrogen-bond donors (Lipinski definition) is 2. The van der Waals surface area contributed by atoms with Gasteiger partial charge in [0.15, 0.2) is 11.1 Å². The van der Waals surface area contributed by atoms with Crippen molar-refractivity contribution in [2.45, 2.75) is 19.0 Å². The fraction of sp³-hybridized carbons (Fsp3) is 0.455. The van der Waals surface area contributed by atoms with Gasteiger partial charge in [0.2, 0.25) is 0 Å². The standard InChI is InChI=1S/C22H28F3N5O2/c1-29(2)14-11-26-20-15-18(5-8-21(20)32-28-31)27-17-3-6-19(7-4-17)30-12-9-16(10-13-30)22(23,24)25/h3-8,15-16,26-27H,9-14H2,1-2H3. The van der Waals surface area contributed by atoms with E-state index in [1.165, 1.54) is 0 Å². The predicted octanol–water partition coefficient (Wildman–Crippen LogP) is 5.24. The first-order chi connectivity index (χ1) is 15.3. The molecular weight excluding hydrogens is 423 g/mol. The number of anilines is 4. The quantitative estimate of drug-likeness (QED) is 0.401. The van der Waals surface area contributed by atoms with Gasteiger partial charge in [-0.25, -0.2) is 0 Å². The molecule has 2 aromatic rings. The Morgan fingerprint density at radius 3 is 2.34 bits per heavy atom. The lowest BCUT2D eigenvalue weighted by Crippen LogP contribution is -2.38. The van der Waals surface area contributed by atoms with E-state index in [0.29, 0.717) is 31.1 Å². The minimum Gasteiger partial charge on any atom is -0.381 e. The fourth-order valence-electron chi connectivity index (χ4n) is 3.67. The van der Waals surface area contributed by atoms with E-state index < -0.39 is 12.1 Å². The van der Waals surface area contributed by atoms with Crippen molar-refractivity contribution < 1.29 is 18.0 Å². The van der Waals surface area contributed by atoms with Gasteiger partial charge < -0.3 is 25.3 Å². The number of nitrogens with one attached hydrogen (secondary N) is 2. The molecule has 0 amide bonds. The Labute approximate surface area is 185 Å². The SMILES string of the molecule is CN(C)CCNc1cc(Nc2ccc(N3CCC(C(F)(F)F)CC3)cc2)ccc1ON=O. The van der Waals surface area contributed by atoms with E-state index in [-0.39, 0.29) is 12.8 Å². The first kappa shape index (κ1) is 23.6. The third-order valence-electron chi connectivity index (χ3n) is 5.47. The number of likely N-dealkylation sites (N-methyl/N-ethyl adjacent to an activating group) is 1. The maximum atomic E-state index is 12.9. The highest BCUT2D eigenvalue weighted by molar-refractivity contribution is 5.70. The van der Waals surface area contributed by atoms with Gasteiger partial charge in [0.05, 0.1) is 11.6 Å². The molecule has 1 aliphatic heterocycles. The second-order valence-corrected chi connectivity index (χ2v) is 8.08. The third-order valence-corrected chi connectivity index (χ3v) is 5.47. The van der Waals surface area contributed by atoms with Gasteiger partial charge in [-0.3, -0.25) is 0 Å². The number of alkyl halides is 3. The average molecular weight is 451 g/mol. The summed E-state index contributed by atoms with van der Waals surface area (Å²) in [4.78, 5) is 19.3. The van der Waals surface area contributed by atoms with Crippen LogP contribution in [0.2, 0.25) is 0 Å². The number of hydrogen-bond acceptors (Lipinski definition) is 7. The first-order valence-electron chi connectivity index (χ1n) is 10.5. The lowest BCUT2D eigenvalue weighted by atomic mass is 9.96. The normalized spacial score (nSPS) is 15.0. The number of benzene rings is 2. The predicted molar refractivity (Wildman–Crippen MR) is 121 cm³/mol. The van der Waals surface area contributed by atoms with Crippen LogP contribution in [0.1, 0.15) is 12.8 Å². The molecule has 1 fully saturated rings. The summed E-state index contributed by atoms with van der Waals surface area (Å²) in [6, 6.07) is 12.8. The molecule has 0 radical (unpaired) electrons. The molecule has 0 spiro atoms. The lowest BCUT2D eigenvalue weighted by Gasteiger charge is -2.34. The largest absolute Gasteiger partial charge is 0.391 e. The number of piperidine rings is 1. The van der Waals surface area contributed by atoms with Crippen LogP contribution >= 0.6 is 0 Å². The van der Waals surface area contributed by atoms with Crippen molar-refractivity contribution >= 4 is 22.7 Å². The second kappa shape index (κ2) is 10.5. The van der Waals surface area contributed by atoms with Crippen molar-refractivity contribution in [2.24, 2.45) is 11.3 Å². The van der Waals surface area contributed by atoms with Crippen LogP contribution in [0.4, 0.5) is 35.9 Å². The van der Waals surface area contributed by atoms with Crippen molar-refractivity contribution in [3.05, 3.63) is 47.4 Å². The molecular formula is C22H28F3N5O2. The van der Waals surface area contributed by atoms with Crippen molar-refractivity contribution in [3.8, 4) is 5.75 Å². The van der Waals surface area contributed by atoms with Gasteiger partial charge in [-0.05, 0) is 69.4 Å². The molecule has 0 unspecified atom stereocenters. The molecule has 0 aromatic heterocycles. The topological polar surface area (TPSA) is 69.2 Å². The Morgan fingerprint density at radius 2 is 1.75 bits per heavy atom. The summed E-state index contributed by atoms with van der Waals surface area (Å²) in [6.07, 6.45) is -3.86. The molecule has 0 saturated carbocycles. The molecule has 1 aliphatic rings. The second-order valence-electron chi connectivity index (χ2n) is 8.08. The van der Waals surface area contributed by atoms with Gasteiger partial charge in [0.1, 0.15) is 0 Å². The zero-order valence-electron chi connectivity index (χ0n) is 18.2. The van der Waals surface area contributed by atoms with Crippen LogP contribution in [-0.4, -0.2) is 51.4 Å². The van der Waals surface area contributed by atoms with Crippen molar-refractivity contribution in [2.75, 3.05) is 55.8 Å². The van der Waals surface area contributed by atoms with E-state index in [4.69, 9.17) is 4.84 Å². The molecule has 2 N–H and O–H groups in total. The Balaban J connectivity index is 1.63. The average Bonchev–Trinajstić information content (AvgIpc) is 2.75. The summed E-state index contributed by atoms with van der Waals surface area (Å²) >= 11 is 0. The van der Waals surface area contributed by atoms with Gasteiger partial charge in [-0.1, -0.05) is 0 Å².